The fourth-order valence-corrected chi connectivity index (χ4v) is 2.49. The molecule has 4 rings (SSSR count). The first-order valence-electron chi connectivity index (χ1n) is 6.68. The second-order valence-corrected chi connectivity index (χ2v) is 4.95. The third kappa shape index (κ3) is 1.72. The number of ether oxygens (including phenoxy) is 1. The highest BCUT2D eigenvalue weighted by Gasteiger charge is 2.18. The molecule has 0 atom stereocenters. The maximum absolute atomic E-state index is 5.86. The molecule has 4 nitrogen and oxygen atoms in total. The van der Waals surface area contributed by atoms with Crippen molar-refractivity contribution < 1.29 is 9.15 Å². The number of nitrogens with one attached hydrogen (secondary N) is 1. The highest BCUT2D eigenvalue weighted by Crippen LogP contribution is 2.38. The molecule has 0 unspecified atom stereocenters. The maximum atomic E-state index is 5.86. The van der Waals surface area contributed by atoms with Gasteiger partial charge < -0.3 is 14.5 Å². The second-order valence-electron chi connectivity index (χ2n) is 4.95. The molecule has 1 N–H and O–H groups in total. The number of para-hydroxylation sites is 1. The molecule has 0 saturated heterocycles. The molecular weight excluding hydrogens is 252 g/mol. The Labute approximate surface area is 116 Å². The van der Waals surface area contributed by atoms with Crippen molar-refractivity contribution in [2.45, 2.75) is 6.92 Å². The molecule has 1 aliphatic rings. The van der Waals surface area contributed by atoms with Gasteiger partial charge in [-0.25, -0.2) is 4.98 Å². The van der Waals surface area contributed by atoms with Crippen molar-refractivity contribution in [3.8, 4) is 17.2 Å². The molecule has 0 amide bonds. The van der Waals surface area contributed by atoms with Gasteiger partial charge in [0.2, 0.25) is 5.89 Å². The van der Waals surface area contributed by atoms with Crippen molar-refractivity contribution in [2.75, 3.05) is 18.5 Å². The van der Waals surface area contributed by atoms with Crippen LogP contribution in [-0.2, 0) is 0 Å². The van der Waals surface area contributed by atoms with Gasteiger partial charge in [-0.2, -0.15) is 0 Å². The Morgan fingerprint density at radius 2 is 2.15 bits per heavy atom. The zero-order chi connectivity index (χ0) is 13.5. The van der Waals surface area contributed by atoms with E-state index in [1.165, 1.54) is 5.56 Å². The summed E-state index contributed by atoms with van der Waals surface area (Å²) in [5, 5.41) is 3.32. The molecule has 3 aromatic rings. The molecule has 0 radical (unpaired) electrons. The van der Waals surface area contributed by atoms with Crippen molar-refractivity contribution in [3.63, 3.8) is 0 Å². The largest absolute Gasteiger partial charge is 0.489 e. The van der Waals surface area contributed by atoms with Crippen LogP contribution in [0.3, 0.4) is 0 Å². The number of rotatable bonds is 1. The van der Waals surface area contributed by atoms with Crippen LogP contribution in [-0.4, -0.2) is 18.1 Å². The van der Waals surface area contributed by atoms with Crippen molar-refractivity contribution in [1.29, 1.82) is 0 Å². The van der Waals surface area contributed by atoms with Crippen molar-refractivity contribution in [3.05, 3.63) is 42.0 Å². The van der Waals surface area contributed by atoms with Gasteiger partial charge >= 0.3 is 0 Å². The van der Waals surface area contributed by atoms with Gasteiger partial charge in [-0.3, -0.25) is 0 Å². The lowest BCUT2D eigenvalue weighted by Gasteiger charge is -2.20. The average molecular weight is 266 g/mol. The van der Waals surface area contributed by atoms with Crippen LogP contribution in [0.1, 0.15) is 5.56 Å². The standard InChI is InChI=1S/C16H14N2O2/c1-10-5-6-14-13(9-10)18-16(20-14)11-3-2-4-12-15(11)19-8-7-17-12/h2-6,9,17H,7-8H2,1H3. The van der Waals surface area contributed by atoms with Gasteiger partial charge in [0.15, 0.2) is 11.3 Å². The fourth-order valence-electron chi connectivity index (χ4n) is 2.49. The van der Waals surface area contributed by atoms with E-state index in [-0.39, 0.29) is 0 Å². The van der Waals surface area contributed by atoms with Crippen LogP contribution in [0.5, 0.6) is 5.75 Å². The minimum Gasteiger partial charge on any atom is -0.489 e. The van der Waals surface area contributed by atoms with Crippen LogP contribution in [0.2, 0.25) is 0 Å². The summed E-state index contributed by atoms with van der Waals surface area (Å²) in [5.74, 6) is 1.42. The second kappa shape index (κ2) is 4.27. The lowest BCUT2D eigenvalue weighted by molar-refractivity contribution is 0.324. The number of benzene rings is 2. The summed E-state index contributed by atoms with van der Waals surface area (Å²) in [4.78, 5) is 4.58. The van der Waals surface area contributed by atoms with Crippen molar-refractivity contribution in [2.24, 2.45) is 0 Å². The Bertz CT molecular complexity index is 792. The molecule has 1 aromatic heterocycles. The number of hydrogen-bond acceptors (Lipinski definition) is 4. The van der Waals surface area contributed by atoms with E-state index >= 15 is 0 Å². The van der Waals surface area contributed by atoms with Crippen molar-refractivity contribution in [1.82, 2.24) is 4.98 Å². The summed E-state index contributed by atoms with van der Waals surface area (Å²) in [6.45, 7) is 3.53. The first-order chi connectivity index (χ1) is 9.81. The van der Waals surface area contributed by atoms with Crippen LogP contribution < -0.4 is 10.1 Å². The summed E-state index contributed by atoms with van der Waals surface area (Å²) >= 11 is 0. The molecule has 2 heterocycles. The average Bonchev–Trinajstić information content (AvgIpc) is 2.89. The predicted molar refractivity (Wildman–Crippen MR) is 78.2 cm³/mol. The molecule has 20 heavy (non-hydrogen) atoms. The van der Waals surface area contributed by atoms with E-state index in [4.69, 9.17) is 9.15 Å². The van der Waals surface area contributed by atoms with E-state index < -0.39 is 0 Å². The van der Waals surface area contributed by atoms with Gasteiger partial charge in [0.05, 0.1) is 11.3 Å². The summed E-state index contributed by atoms with van der Waals surface area (Å²) in [6, 6.07) is 12.0. The Morgan fingerprint density at radius 3 is 3.10 bits per heavy atom. The van der Waals surface area contributed by atoms with Gasteiger partial charge in [-0.1, -0.05) is 12.1 Å². The molecular formula is C16H14N2O2. The molecule has 0 spiro atoms. The highest BCUT2D eigenvalue weighted by molar-refractivity contribution is 5.81. The van der Waals surface area contributed by atoms with Gasteiger partial charge in [0.1, 0.15) is 12.1 Å². The number of hydrogen-bond donors (Lipinski definition) is 1. The molecule has 2 aromatic carbocycles. The van der Waals surface area contributed by atoms with Crippen LogP contribution >= 0.6 is 0 Å². The summed E-state index contributed by atoms with van der Waals surface area (Å²) in [5.41, 5.74) is 4.73. The predicted octanol–water partition coefficient (Wildman–Crippen LogP) is 3.61. The lowest BCUT2D eigenvalue weighted by Crippen LogP contribution is -2.18. The molecule has 0 aliphatic carbocycles. The fraction of sp³-hybridized carbons (Fsp3) is 0.188. The van der Waals surface area contributed by atoms with E-state index in [1.807, 2.05) is 43.3 Å². The Morgan fingerprint density at radius 1 is 1.20 bits per heavy atom. The van der Waals surface area contributed by atoms with Crippen LogP contribution in [0.15, 0.2) is 40.8 Å². The van der Waals surface area contributed by atoms with Crippen molar-refractivity contribution >= 4 is 16.8 Å². The van der Waals surface area contributed by atoms with Gasteiger partial charge in [0.25, 0.3) is 0 Å². The molecule has 100 valence electrons. The number of aryl methyl sites for hydroxylation is 1. The lowest BCUT2D eigenvalue weighted by atomic mass is 10.1. The first-order valence-corrected chi connectivity index (χ1v) is 6.68. The Hall–Kier alpha value is -2.49. The summed E-state index contributed by atoms with van der Waals surface area (Å²) in [7, 11) is 0. The van der Waals surface area contributed by atoms with Gasteiger partial charge in [0, 0.05) is 6.54 Å². The Kier molecular flexibility index (Phi) is 2.42. The smallest absolute Gasteiger partial charge is 0.231 e. The third-order valence-electron chi connectivity index (χ3n) is 3.45. The number of fused-ring (bicyclic) bond motifs is 2. The zero-order valence-corrected chi connectivity index (χ0v) is 11.1. The SMILES string of the molecule is Cc1ccc2oc(-c3cccc4c3OCCN4)nc2c1. The van der Waals surface area contributed by atoms with E-state index in [9.17, 15) is 0 Å². The third-order valence-corrected chi connectivity index (χ3v) is 3.45. The van der Waals surface area contributed by atoms with Gasteiger partial charge in [-0.05, 0) is 36.8 Å². The number of anilines is 1. The normalized spacial score (nSPS) is 13.7. The quantitative estimate of drug-likeness (QED) is 0.731. The van der Waals surface area contributed by atoms with Crippen LogP contribution in [0.25, 0.3) is 22.6 Å². The number of nitrogens with zero attached hydrogens (tertiary/aromatic N) is 1. The molecule has 4 heteroatoms. The monoisotopic (exact) mass is 266 g/mol. The van der Waals surface area contributed by atoms with E-state index in [2.05, 4.69) is 10.3 Å². The van der Waals surface area contributed by atoms with Crippen LogP contribution in [0.4, 0.5) is 5.69 Å². The van der Waals surface area contributed by atoms with Crippen LogP contribution in [0, 0.1) is 6.92 Å². The Balaban J connectivity index is 1.90. The molecule has 0 saturated carbocycles. The zero-order valence-electron chi connectivity index (χ0n) is 11.1. The highest BCUT2D eigenvalue weighted by atomic mass is 16.5. The van der Waals surface area contributed by atoms with E-state index in [1.54, 1.807) is 0 Å². The topological polar surface area (TPSA) is 47.3 Å². The molecule has 1 aliphatic heterocycles. The summed E-state index contributed by atoms with van der Waals surface area (Å²) < 4.78 is 11.6. The summed E-state index contributed by atoms with van der Waals surface area (Å²) in [6.07, 6.45) is 0. The van der Waals surface area contributed by atoms with E-state index in [0.29, 0.717) is 12.5 Å². The minimum absolute atomic E-state index is 0.603. The van der Waals surface area contributed by atoms with E-state index in [0.717, 1.165) is 34.6 Å². The number of oxazole rings is 1. The minimum atomic E-state index is 0.603. The van der Waals surface area contributed by atoms with Gasteiger partial charge in [-0.15, -0.1) is 0 Å². The maximum Gasteiger partial charge on any atom is 0.231 e. The first kappa shape index (κ1) is 11.3. The molecule has 0 bridgehead atoms. The number of aromatic nitrogens is 1. The molecule has 0 fully saturated rings.